The topological polar surface area (TPSA) is 50.7 Å². The maximum atomic E-state index is 13.1. The van der Waals surface area contributed by atoms with Gasteiger partial charge >= 0.3 is 6.18 Å². The zero-order valence-electron chi connectivity index (χ0n) is 13.7. The van der Waals surface area contributed by atoms with Gasteiger partial charge in [0.1, 0.15) is 11.0 Å². The summed E-state index contributed by atoms with van der Waals surface area (Å²) in [6, 6.07) is 5.20. The number of benzene rings is 1. The van der Waals surface area contributed by atoms with Crippen molar-refractivity contribution in [1.82, 2.24) is 15.0 Å². The van der Waals surface area contributed by atoms with Crippen molar-refractivity contribution in [2.45, 2.75) is 26.1 Å². The monoisotopic (exact) mass is 400 g/mol. The van der Waals surface area contributed by atoms with Crippen molar-refractivity contribution in [2.75, 3.05) is 5.32 Å². The highest BCUT2D eigenvalue weighted by atomic mass is 35.5. The zero-order chi connectivity index (χ0) is 19.1. The Kier molecular flexibility index (Phi) is 4.94. The van der Waals surface area contributed by atoms with Crippen LogP contribution in [-0.4, -0.2) is 15.0 Å². The first kappa shape index (κ1) is 18.7. The molecule has 4 nitrogen and oxygen atoms in total. The van der Waals surface area contributed by atoms with E-state index in [9.17, 15) is 13.2 Å². The Morgan fingerprint density at radius 1 is 1.15 bits per heavy atom. The van der Waals surface area contributed by atoms with Gasteiger partial charge in [-0.1, -0.05) is 23.7 Å². The van der Waals surface area contributed by atoms with Crippen molar-refractivity contribution >= 4 is 39.9 Å². The molecule has 0 aliphatic carbocycles. The molecule has 1 atom stereocenters. The molecule has 0 saturated carbocycles. The van der Waals surface area contributed by atoms with Gasteiger partial charge in [0.05, 0.1) is 23.3 Å². The molecule has 3 aromatic rings. The highest BCUT2D eigenvalue weighted by Gasteiger charge is 2.33. The maximum absolute atomic E-state index is 13.1. The lowest BCUT2D eigenvalue weighted by atomic mass is 9.97. The summed E-state index contributed by atoms with van der Waals surface area (Å²) in [5, 5.41) is 3.92. The Labute approximate surface area is 157 Å². The van der Waals surface area contributed by atoms with Gasteiger partial charge in [0.2, 0.25) is 5.28 Å². The van der Waals surface area contributed by atoms with Gasteiger partial charge in [0, 0.05) is 5.39 Å². The fraction of sp³-hybridized carbons (Fsp3) is 0.235. The van der Waals surface area contributed by atoms with Gasteiger partial charge in [-0.3, -0.25) is 0 Å². The number of halogens is 5. The van der Waals surface area contributed by atoms with E-state index in [2.05, 4.69) is 20.3 Å². The van der Waals surface area contributed by atoms with E-state index in [1.165, 1.54) is 19.2 Å². The number of pyridine rings is 1. The van der Waals surface area contributed by atoms with Gasteiger partial charge in [-0.15, -0.1) is 0 Å². The highest BCUT2D eigenvalue weighted by Crippen LogP contribution is 2.35. The van der Waals surface area contributed by atoms with Crippen LogP contribution in [0.1, 0.15) is 29.7 Å². The van der Waals surface area contributed by atoms with E-state index >= 15 is 0 Å². The first-order valence-electron chi connectivity index (χ1n) is 7.59. The van der Waals surface area contributed by atoms with Crippen LogP contribution in [0.25, 0.3) is 10.9 Å². The molecule has 9 heteroatoms. The van der Waals surface area contributed by atoms with E-state index in [-0.39, 0.29) is 16.0 Å². The molecule has 0 saturated heterocycles. The molecule has 0 amide bonds. The van der Waals surface area contributed by atoms with Crippen LogP contribution >= 0.6 is 23.2 Å². The largest absolute Gasteiger partial charge is 0.416 e. The molecule has 0 aliphatic rings. The van der Waals surface area contributed by atoms with Crippen molar-refractivity contribution in [1.29, 1.82) is 0 Å². The molecule has 0 bridgehead atoms. The second-order valence-corrected chi connectivity index (χ2v) is 6.47. The maximum Gasteiger partial charge on any atom is 0.416 e. The Bertz CT molecular complexity index is 976. The third kappa shape index (κ3) is 3.68. The zero-order valence-corrected chi connectivity index (χ0v) is 15.2. The first-order chi connectivity index (χ1) is 12.2. The SMILES string of the molecule is Cc1c([C@@H](C)Nc2nc(Cl)nc3cnc(Cl)cc23)cccc1C(F)(F)F. The van der Waals surface area contributed by atoms with E-state index in [1.807, 2.05) is 0 Å². The van der Waals surface area contributed by atoms with Gasteiger partial charge in [-0.05, 0) is 48.7 Å². The van der Waals surface area contributed by atoms with Crippen molar-refractivity contribution in [3.63, 3.8) is 0 Å². The van der Waals surface area contributed by atoms with Crippen molar-refractivity contribution in [2.24, 2.45) is 0 Å². The smallest absolute Gasteiger partial charge is 0.363 e. The Morgan fingerprint density at radius 2 is 1.88 bits per heavy atom. The van der Waals surface area contributed by atoms with E-state index in [0.29, 0.717) is 22.3 Å². The molecule has 136 valence electrons. The van der Waals surface area contributed by atoms with E-state index in [4.69, 9.17) is 23.2 Å². The molecule has 26 heavy (non-hydrogen) atoms. The Hall–Kier alpha value is -2.12. The summed E-state index contributed by atoms with van der Waals surface area (Å²) in [4.78, 5) is 12.2. The van der Waals surface area contributed by atoms with E-state index in [1.54, 1.807) is 19.1 Å². The number of nitrogens with zero attached hydrogens (tertiary/aromatic N) is 3. The lowest BCUT2D eigenvalue weighted by Gasteiger charge is -2.21. The summed E-state index contributed by atoms with van der Waals surface area (Å²) in [6.07, 6.45) is -2.96. The Morgan fingerprint density at radius 3 is 2.58 bits per heavy atom. The standard InChI is InChI=1S/C17H13Cl2F3N4/c1-8-10(4-3-5-12(8)17(20,21)22)9(2)24-15-11-6-14(18)23-7-13(11)25-16(19)26-15/h3-7,9H,1-2H3,(H,24,25,26)/t9-/m1/s1. The molecule has 0 fully saturated rings. The lowest BCUT2D eigenvalue weighted by Crippen LogP contribution is -2.14. The van der Waals surface area contributed by atoms with Crippen LogP contribution in [0.4, 0.5) is 19.0 Å². The molecule has 0 spiro atoms. The lowest BCUT2D eigenvalue weighted by molar-refractivity contribution is -0.138. The average molecular weight is 401 g/mol. The number of nitrogens with one attached hydrogen (secondary N) is 1. The minimum Gasteiger partial charge on any atom is -0.363 e. The predicted molar refractivity (Wildman–Crippen MR) is 95.6 cm³/mol. The van der Waals surface area contributed by atoms with Crippen LogP contribution in [0.3, 0.4) is 0 Å². The fourth-order valence-electron chi connectivity index (χ4n) is 2.80. The van der Waals surface area contributed by atoms with Crippen LogP contribution < -0.4 is 5.32 Å². The second kappa shape index (κ2) is 6.89. The molecule has 2 aromatic heterocycles. The van der Waals surface area contributed by atoms with Crippen LogP contribution in [-0.2, 0) is 6.18 Å². The Balaban J connectivity index is 2.03. The van der Waals surface area contributed by atoms with Gasteiger partial charge < -0.3 is 5.32 Å². The number of aromatic nitrogens is 3. The van der Waals surface area contributed by atoms with Gasteiger partial charge in [0.15, 0.2) is 0 Å². The predicted octanol–water partition coefficient (Wildman–Crippen LogP) is 5.83. The molecule has 3 rings (SSSR count). The minimum absolute atomic E-state index is 0.00270. The molecular weight excluding hydrogens is 388 g/mol. The third-order valence-corrected chi connectivity index (χ3v) is 4.40. The fourth-order valence-corrected chi connectivity index (χ4v) is 3.13. The van der Waals surface area contributed by atoms with E-state index in [0.717, 1.165) is 6.07 Å². The summed E-state index contributed by atoms with van der Waals surface area (Å²) in [5.74, 6) is 0.369. The molecule has 0 radical (unpaired) electrons. The summed E-state index contributed by atoms with van der Waals surface area (Å²) in [6.45, 7) is 3.19. The van der Waals surface area contributed by atoms with Crippen molar-refractivity contribution < 1.29 is 13.2 Å². The van der Waals surface area contributed by atoms with Gasteiger partial charge in [0.25, 0.3) is 0 Å². The number of anilines is 1. The van der Waals surface area contributed by atoms with Crippen molar-refractivity contribution in [3.05, 3.63) is 57.6 Å². The second-order valence-electron chi connectivity index (χ2n) is 5.75. The molecule has 0 aliphatic heterocycles. The quantitative estimate of drug-likeness (QED) is 0.443. The van der Waals surface area contributed by atoms with Crippen LogP contribution in [0, 0.1) is 6.92 Å². The molecule has 0 unspecified atom stereocenters. The van der Waals surface area contributed by atoms with Gasteiger partial charge in [-0.2, -0.15) is 13.2 Å². The van der Waals surface area contributed by atoms with Crippen molar-refractivity contribution in [3.8, 4) is 0 Å². The molecule has 2 heterocycles. The first-order valence-corrected chi connectivity index (χ1v) is 8.34. The molecular formula is C17H13Cl2F3N4. The number of fused-ring (bicyclic) bond motifs is 1. The molecule has 1 aromatic carbocycles. The number of hydrogen-bond acceptors (Lipinski definition) is 4. The van der Waals surface area contributed by atoms with Crippen LogP contribution in [0.15, 0.2) is 30.5 Å². The number of alkyl halides is 3. The summed E-state index contributed by atoms with van der Waals surface area (Å²) in [7, 11) is 0. The summed E-state index contributed by atoms with van der Waals surface area (Å²) < 4.78 is 39.4. The summed E-state index contributed by atoms with van der Waals surface area (Å²) in [5.41, 5.74) is 0.471. The average Bonchev–Trinajstić information content (AvgIpc) is 2.54. The van der Waals surface area contributed by atoms with Gasteiger partial charge in [-0.25, -0.2) is 15.0 Å². The highest BCUT2D eigenvalue weighted by molar-refractivity contribution is 6.30. The van der Waals surface area contributed by atoms with Crippen LogP contribution in [0.5, 0.6) is 0 Å². The number of rotatable bonds is 3. The van der Waals surface area contributed by atoms with Crippen LogP contribution in [0.2, 0.25) is 10.4 Å². The summed E-state index contributed by atoms with van der Waals surface area (Å²) >= 11 is 11.9. The van der Waals surface area contributed by atoms with E-state index < -0.39 is 17.8 Å². The normalized spacial score (nSPS) is 13.0. The number of hydrogen-bond donors (Lipinski definition) is 1. The molecule has 1 N–H and O–H groups in total. The third-order valence-electron chi connectivity index (χ3n) is 4.02. The minimum atomic E-state index is -4.41.